The summed E-state index contributed by atoms with van der Waals surface area (Å²) in [6, 6.07) is 7.78. The van der Waals surface area contributed by atoms with E-state index in [1.165, 1.54) is 24.4 Å². The molecule has 9 nitrogen and oxygen atoms in total. The van der Waals surface area contributed by atoms with Crippen LogP contribution in [0.2, 0.25) is 0 Å². The first-order valence-corrected chi connectivity index (χ1v) is 10.8. The number of rotatable bonds is 4. The van der Waals surface area contributed by atoms with Gasteiger partial charge in [-0.15, -0.1) is 30.6 Å². The first-order valence-electron chi connectivity index (χ1n) is 10.8. The third kappa shape index (κ3) is 9.10. The minimum Gasteiger partial charge on any atom is -0.388 e. The molecule has 2 N–H and O–H groups in total. The molecule has 0 saturated carbocycles. The molecule has 0 radical (unpaired) electrons. The number of ether oxygens (including phenoxy) is 1. The lowest BCUT2D eigenvalue weighted by atomic mass is 10.1. The van der Waals surface area contributed by atoms with E-state index >= 15 is 0 Å². The van der Waals surface area contributed by atoms with Crippen LogP contribution in [0.25, 0.3) is 27.4 Å². The van der Waals surface area contributed by atoms with E-state index in [1.54, 1.807) is 19.9 Å². The Bertz CT molecular complexity index is 1470. The molecular formula is C24H19ClF6N8O. The molecule has 0 aliphatic heterocycles. The molecule has 16 heteroatoms. The van der Waals surface area contributed by atoms with Gasteiger partial charge in [0.15, 0.2) is 0 Å². The van der Waals surface area contributed by atoms with Gasteiger partial charge in [-0.25, -0.2) is 19.9 Å². The lowest BCUT2D eigenvalue weighted by Crippen LogP contribution is -2.17. The zero-order valence-corrected chi connectivity index (χ0v) is 21.4. The lowest BCUT2D eigenvalue weighted by molar-refractivity contribution is -0.276. The first-order chi connectivity index (χ1) is 18.3. The van der Waals surface area contributed by atoms with E-state index in [9.17, 15) is 26.3 Å². The third-order valence-electron chi connectivity index (χ3n) is 4.64. The van der Waals surface area contributed by atoms with Crippen molar-refractivity contribution in [2.24, 2.45) is 5.73 Å². The van der Waals surface area contributed by atoms with Crippen LogP contribution in [0.5, 0.6) is 5.88 Å². The molecule has 0 atom stereocenters. The van der Waals surface area contributed by atoms with Crippen molar-refractivity contribution in [1.29, 1.82) is 0 Å². The monoisotopic (exact) mass is 584 g/mol. The maximum atomic E-state index is 12.4. The Morgan fingerprint density at radius 1 is 0.825 bits per heavy atom. The number of aromatic nitrogens is 6. The average molecular weight is 585 g/mol. The third-order valence-corrected chi connectivity index (χ3v) is 4.64. The zero-order chi connectivity index (χ0) is 28.8. The van der Waals surface area contributed by atoms with Gasteiger partial charge in [0.25, 0.3) is 5.82 Å². The van der Waals surface area contributed by atoms with Crippen molar-refractivity contribution in [1.82, 2.24) is 29.9 Å². The summed E-state index contributed by atoms with van der Waals surface area (Å²) >= 11 is 0. The van der Waals surface area contributed by atoms with Gasteiger partial charge in [0.05, 0.1) is 17.1 Å². The van der Waals surface area contributed by atoms with Crippen LogP contribution in [0.3, 0.4) is 0 Å². The number of aryl methyl sites for hydroxylation is 2. The fourth-order valence-electron chi connectivity index (χ4n) is 3.06. The van der Waals surface area contributed by atoms with Crippen molar-refractivity contribution < 1.29 is 31.1 Å². The summed E-state index contributed by atoms with van der Waals surface area (Å²) in [6.45, 7) is 10.5. The molecule has 4 aromatic rings. The van der Waals surface area contributed by atoms with Gasteiger partial charge >= 0.3 is 12.5 Å². The van der Waals surface area contributed by atoms with Gasteiger partial charge < -0.3 is 15.3 Å². The minimum atomic E-state index is -4.78. The fourth-order valence-corrected chi connectivity index (χ4v) is 3.06. The van der Waals surface area contributed by atoms with Gasteiger partial charge in [-0.1, -0.05) is 6.57 Å². The molecule has 4 heterocycles. The summed E-state index contributed by atoms with van der Waals surface area (Å²) in [6.07, 6.45) is -6.89. The highest BCUT2D eigenvalue weighted by molar-refractivity contribution is 5.85. The summed E-state index contributed by atoms with van der Waals surface area (Å²) in [5, 5.41) is 0. The van der Waals surface area contributed by atoms with Gasteiger partial charge in [0, 0.05) is 43.1 Å². The van der Waals surface area contributed by atoms with Crippen LogP contribution in [0.4, 0.5) is 32.2 Å². The Labute approximate surface area is 229 Å². The normalized spacial score (nSPS) is 11.0. The molecule has 4 rings (SSSR count). The van der Waals surface area contributed by atoms with E-state index in [2.05, 4.69) is 39.5 Å². The predicted octanol–water partition coefficient (Wildman–Crippen LogP) is 6.04. The fraction of sp³-hybridized carbons (Fsp3) is 0.208. The Hall–Kier alpha value is -4.42. The van der Waals surface area contributed by atoms with Crippen LogP contribution in [0.15, 0.2) is 48.8 Å². The van der Waals surface area contributed by atoms with E-state index in [1.807, 2.05) is 0 Å². The minimum absolute atomic E-state index is 0. The Morgan fingerprint density at radius 2 is 1.40 bits per heavy atom. The number of pyridine rings is 2. The van der Waals surface area contributed by atoms with Gasteiger partial charge in [-0.05, 0) is 37.3 Å². The molecule has 0 fully saturated rings. The van der Waals surface area contributed by atoms with Gasteiger partial charge in [-0.2, -0.15) is 13.2 Å². The van der Waals surface area contributed by atoms with Crippen molar-refractivity contribution >= 4 is 18.2 Å². The summed E-state index contributed by atoms with van der Waals surface area (Å²) in [5.41, 5.74) is 7.07. The number of hydrogen-bond donors (Lipinski definition) is 1. The molecule has 40 heavy (non-hydrogen) atoms. The van der Waals surface area contributed by atoms with Crippen LogP contribution >= 0.6 is 12.4 Å². The van der Waals surface area contributed by atoms with Gasteiger partial charge in [-0.3, -0.25) is 4.98 Å². The molecule has 0 saturated heterocycles. The van der Waals surface area contributed by atoms with Crippen molar-refractivity contribution in [2.45, 2.75) is 32.9 Å². The Balaban J connectivity index is 0.000000274. The highest BCUT2D eigenvalue weighted by Gasteiger charge is 2.32. The van der Waals surface area contributed by atoms with Crippen LogP contribution in [-0.4, -0.2) is 36.3 Å². The number of hydrogen-bond acceptors (Lipinski definition) is 8. The van der Waals surface area contributed by atoms with Gasteiger partial charge in [0.2, 0.25) is 11.7 Å². The molecule has 0 unspecified atom stereocenters. The maximum absolute atomic E-state index is 12.4. The molecule has 0 bridgehead atoms. The van der Waals surface area contributed by atoms with Crippen LogP contribution < -0.4 is 10.5 Å². The molecule has 0 spiro atoms. The van der Waals surface area contributed by atoms with Crippen LogP contribution in [0.1, 0.15) is 23.0 Å². The number of nitrogens with zero attached hydrogens (tertiary/aromatic N) is 7. The Kier molecular flexibility index (Phi) is 10.4. The highest BCUT2D eigenvalue weighted by atomic mass is 35.5. The Morgan fingerprint density at radius 3 is 1.88 bits per heavy atom. The molecule has 0 amide bonds. The largest absolute Gasteiger partial charge is 0.574 e. The first kappa shape index (κ1) is 31.8. The van der Waals surface area contributed by atoms with E-state index < -0.39 is 24.1 Å². The molecule has 0 aliphatic rings. The number of nitrogens with two attached hydrogens (primary N) is 1. The summed E-state index contributed by atoms with van der Waals surface area (Å²) in [7, 11) is 0. The maximum Gasteiger partial charge on any atom is 0.574 e. The van der Waals surface area contributed by atoms with Crippen molar-refractivity contribution in [3.8, 4) is 28.4 Å². The SMILES string of the molecule is Cc1nc(CN)cc(-c2ccc(C(F)(F)F)nc2)n1.Cl.[C-]#[N+]c1cc(-c2ccc(OC(F)(F)F)nc2)nc(C)n1. The number of alkyl halides is 6. The predicted molar refractivity (Wildman–Crippen MR) is 133 cm³/mol. The molecule has 0 aliphatic carbocycles. The van der Waals surface area contributed by atoms with E-state index in [4.69, 9.17) is 12.3 Å². The van der Waals surface area contributed by atoms with E-state index in [0.717, 1.165) is 18.3 Å². The average Bonchev–Trinajstić information content (AvgIpc) is 2.87. The van der Waals surface area contributed by atoms with Crippen molar-refractivity contribution in [3.05, 3.63) is 83.2 Å². The van der Waals surface area contributed by atoms with Crippen molar-refractivity contribution in [3.63, 3.8) is 0 Å². The second kappa shape index (κ2) is 13.1. The standard InChI is InChI=1S/C12H7F3N4O.C12H11F3N4.ClH/c1-7-18-9(5-10(16-2)19-7)8-3-4-11(17-6-8)20-12(13,14)15;1-7-18-9(5-16)4-10(19-7)8-2-3-11(17-6-8)12(13,14)15;/h3-6H,1H3;2-4,6H,5,16H2,1H3;1H. The summed E-state index contributed by atoms with van der Waals surface area (Å²) in [4.78, 5) is 26.4. The molecule has 210 valence electrons. The smallest absolute Gasteiger partial charge is 0.388 e. The van der Waals surface area contributed by atoms with E-state index in [-0.39, 0.29) is 24.8 Å². The quantitative estimate of drug-likeness (QED) is 0.228. The van der Waals surface area contributed by atoms with Gasteiger partial charge in [0.1, 0.15) is 11.5 Å². The molecular weight excluding hydrogens is 566 g/mol. The van der Waals surface area contributed by atoms with Crippen LogP contribution in [-0.2, 0) is 12.7 Å². The zero-order valence-electron chi connectivity index (χ0n) is 20.6. The van der Waals surface area contributed by atoms with Crippen molar-refractivity contribution in [2.75, 3.05) is 0 Å². The molecule has 4 aromatic heterocycles. The van der Waals surface area contributed by atoms with E-state index in [0.29, 0.717) is 39.9 Å². The highest BCUT2D eigenvalue weighted by Crippen LogP contribution is 2.29. The summed E-state index contributed by atoms with van der Waals surface area (Å²) < 4.78 is 76.9. The molecule has 0 aromatic carbocycles. The lowest BCUT2D eigenvalue weighted by Gasteiger charge is -2.08. The second-order valence-corrected chi connectivity index (χ2v) is 7.63. The van der Waals surface area contributed by atoms with Crippen LogP contribution in [0, 0.1) is 20.4 Å². The number of halogens is 7. The topological polar surface area (TPSA) is 117 Å². The second-order valence-electron chi connectivity index (χ2n) is 7.63. The summed E-state index contributed by atoms with van der Waals surface area (Å²) in [5.74, 6) is 0.502.